The van der Waals surface area contributed by atoms with Gasteiger partial charge >= 0.3 is 0 Å². The minimum atomic E-state index is -0.0159. The van der Waals surface area contributed by atoms with E-state index in [2.05, 4.69) is 50.4 Å². The van der Waals surface area contributed by atoms with E-state index in [0.717, 1.165) is 12.8 Å². The molecule has 0 amide bonds. The van der Waals surface area contributed by atoms with Gasteiger partial charge in [-0.1, -0.05) is 45.0 Å². The van der Waals surface area contributed by atoms with Gasteiger partial charge in [0.1, 0.15) is 0 Å². The fourth-order valence-corrected chi connectivity index (χ4v) is 2.39. The zero-order chi connectivity index (χ0) is 12.7. The molecule has 2 rings (SSSR count). The molecule has 0 aliphatic heterocycles. The van der Waals surface area contributed by atoms with Crippen molar-refractivity contribution in [3.05, 3.63) is 35.4 Å². The van der Waals surface area contributed by atoms with Gasteiger partial charge in [0, 0.05) is 5.54 Å². The van der Waals surface area contributed by atoms with Crippen LogP contribution in [0.3, 0.4) is 0 Å². The van der Waals surface area contributed by atoms with Crippen molar-refractivity contribution in [2.24, 2.45) is 5.73 Å². The van der Waals surface area contributed by atoms with E-state index in [1.807, 2.05) is 7.05 Å². The largest absolute Gasteiger partial charge is 0.323 e. The Morgan fingerprint density at radius 1 is 1.18 bits per heavy atom. The van der Waals surface area contributed by atoms with Crippen LogP contribution in [0.15, 0.2) is 24.3 Å². The fraction of sp³-hybridized carbons (Fsp3) is 0.600. The summed E-state index contributed by atoms with van der Waals surface area (Å²) < 4.78 is 0. The van der Waals surface area contributed by atoms with Crippen molar-refractivity contribution in [1.82, 2.24) is 5.32 Å². The highest BCUT2D eigenvalue weighted by Gasteiger charge is 2.45. The van der Waals surface area contributed by atoms with Gasteiger partial charge in [0.05, 0.1) is 6.04 Å². The summed E-state index contributed by atoms with van der Waals surface area (Å²) in [6.45, 7) is 6.72. The lowest BCUT2D eigenvalue weighted by Gasteiger charge is -2.25. The lowest BCUT2D eigenvalue weighted by molar-refractivity contribution is 0.461. The average molecular weight is 232 g/mol. The summed E-state index contributed by atoms with van der Waals surface area (Å²) in [5, 5.41) is 3.35. The zero-order valence-corrected chi connectivity index (χ0v) is 11.4. The third kappa shape index (κ3) is 2.53. The molecular formula is C15H24N2. The first-order chi connectivity index (χ1) is 7.87. The first-order valence-corrected chi connectivity index (χ1v) is 6.43. The third-order valence-corrected chi connectivity index (χ3v) is 3.80. The molecule has 0 aromatic heterocycles. The summed E-state index contributed by atoms with van der Waals surface area (Å²) in [6, 6.07) is 9.18. The van der Waals surface area contributed by atoms with Gasteiger partial charge in [-0.15, -0.1) is 0 Å². The van der Waals surface area contributed by atoms with Gasteiger partial charge in [0.25, 0.3) is 0 Å². The second-order valence-corrected chi connectivity index (χ2v) is 6.33. The van der Waals surface area contributed by atoms with Crippen LogP contribution in [0.1, 0.15) is 50.8 Å². The van der Waals surface area contributed by atoms with Crippen molar-refractivity contribution in [3.63, 3.8) is 0 Å². The summed E-state index contributed by atoms with van der Waals surface area (Å²) >= 11 is 0. The maximum atomic E-state index is 6.29. The standard InChI is InChI=1S/C15H24N2/c1-14(2,3)12-7-5-11(6-8-12)13(17-4)15(16)9-10-15/h5-8,13,17H,9-10,16H2,1-4H3. The summed E-state index contributed by atoms with van der Waals surface area (Å²) in [5.74, 6) is 0. The van der Waals surface area contributed by atoms with Crippen LogP contribution in [0.25, 0.3) is 0 Å². The highest BCUT2D eigenvalue weighted by atomic mass is 15.0. The summed E-state index contributed by atoms with van der Waals surface area (Å²) in [7, 11) is 2.00. The Morgan fingerprint density at radius 2 is 1.71 bits per heavy atom. The van der Waals surface area contributed by atoms with Gasteiger partial charge in [0.2, 0.25) is 0 Å². The first kappa shape index (κ1) is 12.6. The number of hydrogen-bond donors (Lipinski definition) is 2. The number of hydrogen-bond acceptors (Lipinski definition) is 2. The molecule has 0 bridgehead atoms. The third-order valence-electron chi connectivity index (χ3n) is 3.80. The minimum Gasteiger partial charge on any atom is -0.323 e. The van der Waals surface area contributed by atoms with Crippen LogP contribution in [0, 0.1) is 0 Å². The predicted molar refractivity (Wildman–Crippen MR) is 73.1 cm³/mol. The Hall–Kier alpha value is -0.860. The van der Waals surface area contributed by atoms with E-state index in [0.29, 0.717) is 0 Å². The molecule has 1 aromatic carbocycles. The van der Waals surface area contributed by atoms with E-state index in [1.165, 1.54) is 11.1 Å². The number of likely N-dealkylation sites (N-methyl/N-ethyl adjacent to an activating group) is 1. The molecule has 2 heteroatoms. The molecule has 0 saturated heterocycles. The van der Waals surface area contributed by atoms with E-state index in [4.69, 9.17) is 5.73 Å². The molecule has 1 atom stereocenters. The van der Waals surface area contributed by atoms with Crippen LogP contribution in [0.4, 0.5) is 0 Å². The van der Waals surface area contributed by atoms with Crippen LogP contribution >= 0.6 is 0 Å². The molecule has 1 aliphatic rings. The number of benzene rings is 1. The molecule has 3 N–H and O–H groups in total. The zero-order valence-electron chi connectivity index (χ0n) is 11.4. The molecule has 1 fully saturated rings. The lowest BCUT2D eigenvalue weighted by Crippen LogP contribution is -2.38. The van der Waals surface area contributed by atoms with Crippen LogP contribution < -0.4 is 11.1 Å². The van der Waals surface area contributed by atoms with Crippen LogP contribution in [-0.2, 0) is 5.41 Å². The number of nitrogens with one attached hydrogen (secondary N) is 1. The highest BCUT2D eigenvalue weighted by Crippen LogP contribution is 2.43. The Labute approximate surface area is 105 Å². The second kappa shape index (κ2) is 4.11. The SMILES string of the molecule is CNC(c1ccc(C(C)(C)C)cc1)C1(N)CC1. The Morgan fingerprint density at radius 3 is 2.06 bits per heavy atom. The Bertz CT molecular complexity index is 382. The molecule has 0 spiro atoms. The molecule has 1 aliphatic carbocycles. The predicted octanol–water partition coefficient (Wildman–Crippen LogP) is 2.74. The van der Waals surface area contributed by atoms with E-state index in [-0.39, 0.29) is 17.0 Å². The summed E-state index contributed by atoms with van der Waals surface area (Å²) in [5.41, 5.74) is 9.17. The molecule has 94 valence electrons. The molecular weight excluding hydrogens is 208 g/mol. The Kier molecular flexibility index (Phi) is 3.04. The van der Waals surface area contributed by atoms with Crippen molar-refractivity contribution >= 4 is 0 Å². The van der Waals surface area contributed by atoms with E-state index in [1.54, 1.807) is 0 Å². The molecule has 1 saturated carbocycles. The van der Waals surface area contributed by atoms with Crippen molar-refractivity contribution < 1.29 is 0 Å². The maximum Gasteiger partial charge on any atom is 0.0500 e. The number of nitrogens with two attached hydrogens (primary N) is 1. The van der Waals surface area contributed by atoms with Gasteiger partial charge in [-0.05, 0) is 36.4 Å². The lowest BCUT2D eigenvalue weighted by atomic mass is 9.85. The summed E-state index contributed by atoms with van der Waals surface area (Å²) in [6.07, 6.45) is 2.25. The first-order valence-electron chi connectivity index (χ1n) is 6.43. The van der Waals surface area contributed by atoms with Crippen molar-refractivity contribution in [3.8, 4) is 0 Å². The molecule has 1 unspecified atom stereocenters. The van der Waals surface area contributed by atoms with Crippen LogP contribution in [0.5, 0.6) is 0 Å². The molecule has 2 nitrogen and oxygen atoms in total. The average Bonchev–Trinajstić information content (AvgIpc) is 2.97. The molecule has 0 radical (unpaired) electrons. The van der Waals surface area contributed by atoms with E-state index < -0.39 is 0 Å². The van der Waals surface area contributed by atoms with Gasteiger partial charge in [-0.25, -0.2) is 0 Å². The van der Waals surface area contributed by atoms with Crippen LogP contribution in [-0.4, -0.2) is 12.6 Å². The monoisotopic (exact) mass is 232 g/mol. The smallest absolute Gasteiger partial charge is 0.0500 e. The topological polar surface area (TPSA) is 38.0 Å². The normalized spacial score (nSPS) is 20.1. The highest BCUT2D eigenvalue weighted by molar-refractivity contribution is 5.32. The summed E-state index contributed by atoms with van der Waals surface area (Å²) in [4.78, 5) is 0. The van der Waals surface area contributed by atoms with Crippen molar-refractivity contribution in [2.45, 2.75) is 50.6 Å². The molecule has 0 heterocycles. The van der Waals surface area contributed by atoms with Gasteiger partial charge in [-0.2, -0.15) is 0 Å². The minimum absolute atomic E-state index is 0.0159. The van der Waals surface area contributed by atoms with Crippen molar-refractivity contribution in [2.75, 3.05) is 7.05 Å². The Balaban J connectivity index is 2.23. The second-order valence-electron chi connectivity index (χ2n) is 6.33. The van der Waals surface area contributed by atoms with E-state index >= 15 is 0 Å². The van der Waals surface area contributed by atoms with E-state index in [9.17, 15) is 0 Å². The van der Waals surface area contributed by atoms with Crippen LogP contribution in [0.2, 0.25) is 0 Å². The van der Waals surface area contributed by atoms with Crippen molar-refractivity contribution in [1.29, 1.82) is 0 Å². The number of rotatable bonds is 3. The van der Waals surface area contributed by atoms with Gasteiger partial charge in [-0.3, -0.25) is 0 Å². The van der Waals surface area contributed by atoms with Gasteiger partial charge in [0.15, 0.2) is 0 Å². The molecule has 1 aromatic rings. The van der Waals surface area contributed by atoms with Gasteiger partial charge < -0.3 is 11.1 Å². The fourth-order valence-electron chi connectivity index (χ4n) is 2.39. The maximum absolute atomic E-state index is 6.29. The quantitative estimate of drug-likeness (QED) is 0.841. The molecule has 17 heavy (non-hydrogen) atoms.